The summed E-state index contributed by atoms with van der Waals surface area (Å²) in [6, 6.07) is 27.0. The summed E-state index contributed by atoms with van der Waals surface area (Å²) in [6.07, 6.45) is 6.85. The summed E-state index contributed by atoms with van der Waals surface area (Å²) in [5.41, 5.74) is 8.34. The standard InChI is InChI=1S/C37H46O6/c1-4-16-34(28(10-1)13-7-19-38-22-31-25-41-31)37(35-17-5-2-11-29(35)14-8-20-39-23-32-26-42-32)36-18-6-3-12-30(36)15-9-21-40-24-33-27-43-33/h1-6,10-12,16-18,31-33,37H,7-9,13-15,19-27H2. The molecule has 3 aromatic rings. The molecule has 3 aliphatic heterocycles. The van der Waals surface area contributed by atoms with Crippen LogP contribution in [0.15, 0.2) is 72.8 Å². The first-order chi connectivity index (χ1) is 21.3. The molecule has 3 heterocycles. The zero-order valence-electron chi connectivity index (χ0n) is 25.3. The van der Waals surface area contributed by atoms with E-state index < -0.39 is 0 Å². The molecule has 0 amide bonds. The Hall–Kier alpha value is -2.58. The van der Waals surface area contributed by atoms with Gasteiger partial charge in [0.25, 0.3) is 0 Å². The minimum Gasteiger partial charge on any atom is -0.379 e. The highest BCUT2D eigenvalue weighted by atomic mass is 16.6. The van der Waals surface area contributed by atoms with Crippen LogP contribution in [0.1, 0.15) is 58.6 Å². The van der Waals surface area contributed by atoms with Gasteiger partial charge in [-0.1, -0.05) is 72.8 Å². The third-order valence-electron chi connectivity index (χ3n) is 8.42. The molecule has 3 unspecified atom stereocenters. The maximum absolute atomic E-state index is 5.89. The van der Waals surface area contributed by atoms with E-state index in [2.05, 4.69) is 72.8 Å². The van der Waals surface area contributed by atoms with Crippen LogP contribution < -0.4 is 0 Å². The predicted molar refractivity (Wildman–Crippen MR) is 167 cm³/mol. The molecule has 6 rings (SSSR count). The first-order valence-corrected chi connectivity index (χ1v) is 16.2. The van der Waals surface area contributed by atoms with Crippen LogP contribution in [-0.2, 0) is 47.7 Å². The normalized spacial score (nSPS) is 21.1. The average Bonchev–Trinajstić information content (AvgIpc) is 3.88. The van der Waals surface area contributed by atoms with Crippen LogP contribution in [0, 0.1) is 0 Å². The summed E-state index contributed by atoms with van der Waals surface area (Å²) in [7, 11) is 0. The molecule has 0 aliphatic carbocycles. The maximum Gasteiger partial charge on any atom is 0.104 e. The molecule has 3 fully saturated rings. The van der Waals surface area contributed by atoms with Crippen LogP contribution in [-0.4, -0.2) is 77.8 Å². The van der Waals surface area contributed by atoms with Crippen LogP contribution >= 0.6 is 0 Å². The highest BCUT2D eigenvalue weighted by Gasteiger charge is 2.26. The minimum atomic E-state index is 0.144. The lowest BCUT2D eigenvalue weighted by atomic mass is 9.77. The predicted octanol–water partition coefficient (Wildman–Crippen LogP) is 5.91. The van der Waals surface area contributed by atoms with Gasteiger partial charge in [0.15, 0.2) is 0 Å². The summed E-state index contributed by atoms with van der Waals surface area (Å²) >= 11 is 0. The Morgan fingerprint density at radius 1 is 0.488 bits per heavy atom. The van der Waals surface area contributed by atoms with Gasteiger partial charge in [0.1, 0.15) is 18.3 Å². The summed E-state index contributed by atoms with van der Waals surface area (Å²) in [5, 5.41) is 0. The van der Waals surface area contributed by atoms with E-state index >= 15 is 0 Å². The molecular weight excluding hydrogens is 540 g/mol. The lowest BCUT2D eigenvalue weighted by Crippen LogP contribution is -2.13. The van der Waals surface area contributed by atoms with Crippen molar-refractivity contribution in [3.63, 3.8) is 0 Å². The van der Waals surface area contributed by atoms with Gasteiger partial charge in [-0.2, -0.15) is 0 Å². The van der Waals surface area contributed by atoms with Gasteiger partial charge < -0.3 is 28.4 Å². The van der Waals surface area contributed by atoms with Crippen molar-refractivity contribution < 1.29 is 28.4 Å². The van der Waals surface area contributed by atoms with Crippen molar-refractivity contribution in [1.82, 2.24) is 0 Å². The second-order valence-electron chi connectivity index (χ2n) is 11.9. The largest absolute Gasteiger partial charge is 0.379 e. The molecule has 230 valence electrons. The first-order valence-electron chi connectivity index (χ1n) is 16.2. The fourth-order valence-corrected chi connectivity index (χ4v) is 5.86. The van der Waals surface area contributed by atoms with Crippen molar-refractivity contribution in [2.45, 2.75) is 62.8 Å². The number of rotatable bonds is 21. The molecule has 0 saturated carbocycles. The van der Waals surface area contributed by atoms with Crippen molar-refractivity contribution in [1.29, 1.82) is 0 Å². The summed E-state index contributed by atoms with van der Waals surface area (Å²) in [6.45, 7) is 6.90. The van der Waals surface area contributed by atoms with Crippen molar-refractivity contribution >= 4 is 0 Å². The molecule has 3 atom stereocenters. The fourth-order valence-electron chi connectivity index (χ4n) is 5.86. The van der Waals surface area contributed by atoms with E-state index in [-0.39, 0.29) is 5.92 Å². The number of hydrogen-bond acceptors (Lipinski definition) is 6. The third kappa shape index (κ3) is 9.70. The second-order valence-corrected chi connectivity index (χ2v) is 11.9. The van der Waals surface area contributed by atoms with Crippen LogP contribution in [0.25, 0.3) is 0 Å². The molecule has 0 spiro atoms. The van der Waals surface area contributed by atoms with Crippen molar-refractivity contribution in [3.05, 3.63) is 106 Å². The molecule has 0 aromatic heterocycles. The third-order valence-corrected chi connectivity index (χ3v) is 8.42. The van der Waals surface area contributed by atoms with E-state index in [9.17, 15) is 0 Å². The molecule has 0 radical (unpaired) electrons. The van der Waals surface area contributed by atoms with E-state index in [4.69, 9.17) is 28.4 Å². The van der Waals surface area contributed by atoms with Crippen molar-refractivity contribution in [3.8, 4) is 0 Å². The Balaban J connectivity index is 1.23. The van der Waals surface area contributed by atoms with Crippen molar-refractivity contribution in [2.75, 3.05) is 59.5 Å². The zero-order valence-corrected chi connectivity index (χ0v) is 25.3. The Kier molecular flexibility index (Phi) is 11.3. The topological polar surface area (TPSA) is 65.3 Å². The van der Waals surface area contributed by atoms with Crippen LogP contribution in [0.3, 0.4) is 0 Å². The molecule has 6 nitrogen and oxygen atoms in total. The zero-order chi connectivity index (χ0) is 29.1. The molecule has 6 heteroatoms. The lowest BCUT2D eigenvalue weighted by molar-refractivity contribution is 0.114. The second kappa shape index (κ2) is 15.9. The average molecular weight is 587 g/mol. The molecular formula is C37H46O6. The van der Waals surface area contributed by atoms with Crippen molar-refractivity contribution in [2.24, 2.45) is 0 Å². The van der Waals surface area contributed by atoms with Crippen LogP contribution in [0.5, 0.6) is 0 Å². The molecule has 3 aromatic carbocycles. The monoisotopic (exact) mass is 586 g/mol. The maximum atomic E-state index is 5.89. The Morgan fingerprint density at radius 2 is 0.791 bits per heavy atom. The molecule has 3 aliphatic rings. The van der Waals surface area contributed by atoms with Crippen LogP contribution in [0.4, 0.5) is 0 Å². The van der Waals surface area contributed by atoms with Gasteiger partial charge in [0, 0.05) is 25.7 Å². The quantitative estimate of drug-likeness (QED) is 0.0879. The molecule has 43 heavy (non-hydrogen) atoms. The Bertz CT molecular complexity index is 1110. The Morgan fingerprint density at radius 3 is 1.09 bits per heavy atom. The van der Waals surface area contributed by atoms with Gasteiger partial charge in [-0.3, -0.25) is 0 Å². The smallest absolute Gasteiger partial charge is 0.104 e. The lowest BCUT2D eigenvalue weighted by Gasteiger charge is -2.27. The number of aryl methyl sites for hydroxylation is 3. The molecule has 0 bridgehead atoms. The number of hydrogen-bond donors (Lipinski definition) is 0. The number of ether oxygens (including phenoxy) is 6. The van der Waals surface area contributed by atoms with Gasteiger partial charge in [-0.15, -0.1) is 0 Å². The SMILES string of the molecule is c1ccc(C(c2ccccc2CCCOCC2CO2)c2ccccc2CCCOCC2CO2)c(CCCOCC2CO2)c1. The first kappa shape index (κ1) is 30.4. The van der Waals surface area contributed by atoms with Gasteiger partial charge in [0.05, 0.1) is 39.6 Å². The van der Waals surface area contributed by atoms with Gasteiger partial charge in [-0.05, 0) is 71.9 Å². The minimum absolute atomic E-state index is 0.144. The Labute approximate surface area is 256 Å². The van der Waals surface area contributed by atoms with E-state index in [0.29, 0.717) is 38.1 Å². The van der Waals surface area contributed by atoms with Gasteiger partial charge >= 0.3 is 0 Å². The van der Waals surface area contributed by atoms with E-state index in [1.807, 2.05) is 0 Å². The fraction of sp³-hybridized carbons (Fsp3) is 0.514. The highest BCUT2D eigenvalue weighted by molar-refractivity contribution is 5.51. The number of epoxide rings is 3. The number of benzene rings is 3. The van der Waals surface area contributed by atoms with E-state index in [1.165, 1.54) is 33.4 Å². The van der Waals surface area contributed by atoms with Gasteiger partial charge in [0.2, 0.25) is 0 Å². The highest BCUT2D eigenvalue weighted by Crippen LogP contribution is 2.38. The molecule has 0 N–H and O–H groups in total. The summed E-state index contributed by atoms with van der Waals surface area (Å²) in [4.78, 5) is 0. The van der Waals surface area contributed by atoms with Crippen LogP contribution in [0.2, 0.25) is 0 Å². The van der Waals surface area contributed by atoms with E-state index in [0.717, 1.165) is 78.2 Å². The summed E-state index contributed by atoms with van der Waals surface area (Å²) < 4.78 is 33.6. The molecule has 3 saturated heterocycles. The van der Waals surface area contributed by atoms with E-state index in [1.54, 1.807) is 0 Å². The summed E-state index contributed by atoms with van der Waals surface area (Å²) in [5.74, 6) is 0.144. The van der Waals surface area contributed by atoms with Gasteiger partial charge in [-0.25, -0.2) is 0 Å².